The van der Waals surface area contributed by atoms with Gasteiger partial charge in [-0.05, 0) is 41.3 Å². The molecule has 29 heavy (non-hydrogen) atoms. The zero-order valence-corrected chi connectivity index (χ0v) is 15.9. The second-order valence-electron chi connectivity index (χ2n) is 7.95. The first-order chi connectivity index (χ1) is 14.3. The molecule has 2 atom stereocenters. The van der Waals surface area contributed by atoms with Crippen molar-refractivity contribution in [2.24, 2.45) is 4.99 Å². The zero-order valence-electron chi connectivity index (χ0n) is 15.9. The summed E-state index contributed by atoms with van der Waals surface area (Å²) in [5.74, 6) is 0.176. The number of ether oxygens (including phenoxy) is 1. The van der Waals surface area contributed by atoms with Crippen LogP contribution < -0.4 is 4.90 Å². The van der Waals surface area contributed by atoms with Gasteiger partial charge in [-0.25, -0.2) is 9.79 Å². The van der Waals surface area contributed by atoms with Crippen LogP contribution in [0.15, 0.2) is 83.9 Å². The Morgan fingerprint density at radius 3 is 2.48 bits per heavy atom. The minimum absolute atomic E-state index is 0.156. The Kier molecular flexibility index (Phi) is 3.45. The van der Waals surface area contributed by atoms with E-state index < -0.39 is 5.54 Å². The maximum atomic E-state index is 13.4. The molecule has 3 aliphatic rings. The van der Waals surface area contributed by atoms with Gasteiger partial charge in [-0.2, -0.15) is 0 Å². The van der Waals surface area contributed by atoms with Crippen molar-refractivity contribution in [3.05, 3.63) is 101 Å². The fraction of sp³-hybridized carbons (Fsp3) is 0.200. The van der Waals surface area contributed by atoms with Crippen molar-refractivity contribution < 1.29 is 9.53 Å². The Balaban J connectivity index is 1.59. The number of esters is 1. The number of hydrogen-bond acceptors (Lipinski definition) is 4. The molecule has 142 valence electrons. The molecule has 0 saturated heterocycles. The summed E-state index contributed by atoms with van der Waals surface area (Å²) < 4.78 is 5.80. The summed E-state index contributed by atoms with van der Waals surface area (Å²) in [5, 5.41) is 0. The topological polar surface area (TPSA) is 41.9 Å². The highest BCUT2D eigenvalue weighted by molar-refractivity contribution is 6.09. The van der Waals surface area contributed by atoms with Crippen LogP contribution in [-0.2, 0) is 22.4 Å². The molecule has 0 bridgehead atoms. The Morgan fingerprint density at radius 1 is 0.897 bits per heavy atom. The van der Waals surface area contributed by atoms with E-state index in [1.54, 1.807) is 0 Å². The third-order valence-electron chi connectivity index (χ3n) is 6.36. The summed E-state index contributed by atoms with van der Waals surface area (Å²) in [6.45, 7) is 0.865. The first-order valence-corrected chi connectivity index (χ1v) is 10.1. The van der Waals surface area contributed by atoms with E-state index in [4.69, 9.17) is 9.73 Å². The lowest BCUT2D eigenvalue weighted by molar-refractivity contribution is -0.140. The van der Waals surface area contributed by atoms with Gasteiger partial charge >= 0.3 is 5.97 Å². The average molecular weight is 380 g/mol. The van der Waals surface area contributed by atoms with Crippen LogP contribution in [-0.4, -0.2) is 24.0 Å². The van der Waals surface area contributed by atoms with E-state index in [0.717, 1.165) is 24.1 Å². The van der Waals surface area contributed by atoms with Gasteiger partial charge in [0.2, 0.25) is 5.90 Å². The molecule has 4 heteroatoms. The molecule has 0 amide bonds. The van der Waals surface area contributed by atoms with Crippen LogP contribution in [0.5, 0.6) is 0 Å². The van der Waals surface area contributed by atoms with Crippen LogP contribution in [0.1, 0.15) is 28.3 Å². The van der Waals surface area contributed by atoms with E-state index in [9.17, 15) is 4.79 Å². The van der Waals surface area contributed by atoms with Crippen LogP contribution in [0.3, 0.4) is 0 Å². The van der Waals surface area contributed by atoms with Crippen molar-refractivity contribution >= 4 is 17.6 Å². The molecule has 0 radical (unpaired) electrons. The molecule has 3 aliphatic heterocycles. The van der Waals surface area contributed by atoms with Crippen LogP contribution in [0, 0.1) is 0 Å². The number of benzene rings is 3. The molecular formula is C25H20N2O2. The molecule has 3 aromatic rings. The zero-order chi connectivity index (χ0) is 19.4. The lowest BCUT2D eigenvalue weighted by atomic mass is 9.73. The normalized spacial score (nSPS) is 24.4. The Bertz CT molecular complexity index is 1150. The minimum Gasteiger partial charge on any atom is -0.405 e. The number of carbonyl (C=O) groups excluding carboxylic acids is 1. The van der Waals surface area contributed by atoms with Crippen LogP contribution >= 0.6 is 0 Å². The second kappa shape index (κ2) is 6.05. The second-order valence-corrected chi connectivity index (χ2v) is 7.95. The maximum absolute atomic E-state index is 13.4. The highest BCUT2D eigenvalue weighted by Gasteiger charge is 2.58. The fourth-order valence-corrected chi connectivity index (χ4v) is 5.08. The highest BCUT2D eigenvalue weighted by Crippen LogP contribution is 2.51. The molecule has 0 saturated carbocycles. The number of carbonyl (C=O) groups is 1. The summed E-state index contributed by atoms with van der Waals surface area (Å²) >= 11 is 0. The molecule has 6 rings (SSSR count). The first kappa shape index (κ1) is 16.5. The number of anilines is 1. The first-order valence-electron chi connectivity index (χ1n) is 10.1. The van der Waals surface area contributed by atoms with Crippen LogP contribution in [0.25, 0.3) is 0 Å². The minimum atomic E-state index is -0.962. The summed E-state index contributed by atoms with van der Waals surface area (Å²) in [6, 6.07) is 26.4. The number of hydrogen-bond donors (Lipinski definition) is 0. The van der Waals surface area contributed by atoms with Gasteiger partial charge in [-0.1, -0.05) is 60.7 Å². The van der Waals surface area contributed by atoms with Crippen molar-refractivity contribution in [1.29, 1.82) is 0 Å². The van der Waals surface area contributed by atoms with E-state index in [-0.39, 0.29) is 12.0 Å². The average Bonchev–Trinajstić information content (AvgIpc) is 3.10. The Hall–Kier alpha value is -3.40. The molecule has 0 aliphatic carbocycles. The van der Waals surface area contributed by atoms with Crippen LogP contribution in [0.4, 0.5) is 5.69 Å². The summed E-state index contributed by atoms with van der Waals surface area (Å²) in [7, 11) is 0. The predicted molar refractivity (Wildman–Crippen MR) is 112 cm³/mol. The quantitative estimate of drug-likeness (QED) is 0.597. The van der Waals surface area contributed by atoms with Crippen molar-refractivity contribution in [2.45, 2.75) is 24.4 Å². The van der Waals surface area contributed by atoms with Crippen molar-refractivity contribution in [1.82, 2.24) is 0 Å². The lowest BCUT2D eigenvalue weighted by Gasteiger charge is -2.49. The smallest absolute Gasteiger partial charge is 0.343 e. The molecule has 3 aromatic carbocycles. The summed E-state index contributed by atoms with van der Waals surface area (Å²) in [5.41, 5.74) is 4.71. The number of nitrogens with zero attached hydrogens (tertiary/aromatic N) is 2. The van der Waals surface area contributed by atoms with E-state index >= 15 is 0 Å². The predicted octanol–water partition coefficient (Wildman–Crippen LogP) is 4.09. The Labute approximate surface area is 169 Å². The van der Waals surface area contributed by atoms with Gasteiger partial charge in [0.15, 0.2) is 5.54 Å². The van der Waals surface area contributed by atoms with Gasteiger partial charge < -0.3 is 9.64 Å². The molecule has 1 spiro atoms. The fourth-order valence-electron chi connectivity index (χ4n) is 5.08. The van der Waals surface area contributed by atoms with Gasteiger partial charge in [0, 0.05) is 24.2 Å². The largest absolute Gasteiger partial charge is 0.405 e. The molecular weight excluding hydrogens is 360 g/mol. The molecule has 0 N–H and O–H groups in total. The van der Waals surface area contributed by atoms with Gasteiger partial charge in [-0.3, -0.25) is 0 Å². The van der Waals surface area contributed by atoms with Crippen molar-refractivity contribution in [3.63, 3.8) is 0 Å². The molecule has 0 aromatic heterocycles. The highest BCUT2D eigenvalue weighted by atomic mass is 16.6. The van der Waals surface area contributed by atoms with Crippen molar-refractivity contribution in [2.75, 3.05) is 11.4 Å². The van der Waals surface area contributed by atoms with Crippen LogP contribution in [0.2, 0.25) is 0 Å². The molecule has 0 fully saturated rings. The Morgan fingerprint density at radius 2 is 1.62 bits per heavy atom. The monoisotopic (exact) mass is 380 g/mol. The number of cyclic esters (lactones) is 1. The summed E-state index contributed by atoms with van der Waals surface area (Å²) in [4.78, 5) is 20.8. The van der Waals surface area contributed by atoms with E-state index in [1.807, 2.05) is 36.4 Å². The van der Waals surface area contributed by atoms with E-state index in [1.165, 1.54) is 16.8 Å². The number of rotatable bonds is 1. The third-order valence-corrected chi connectivity index (χ3v) is 6.36. The number of para-hydroxylation sites is 1. The maximum Gasteiger partial charge on any atom is 0.343 e. The van der Waals surface area contributed by atoms with Crippen molar-refractivity contribution in [3.8, 4) is 0 Å². The SMILES string of the molecule is O=C1OC(c2ccccc2)=N[C@@]12Cc1ccccc1N1CCc3ccccc3[C@@H]12. The molecule has 4 nitrogen and oxygen atoms in total. The molecule has 3 heterocycles. The molecule has 0 unspecified atom stereocenters. The van der Waals surface area contributed by atoms with E-state index in [2.05, 4.69) is 47.4 Å². The standard InChI is InChI=1S/C25H20N2O2/c28-24-25(26-23(29-24)18-9-2-1-3-10-18)16-19-11-5-7-13-21(19)27-15-14-17-8-4-6-12-20(17)22(25)27/h1-13,22H,14-16H2/t22-,25-/m1/s1. The van der Waals surface area contributed by atoms with E-state index in [0.29, 0.717) is 12.3 Å². The summed E-state index contributed by atoms with van der Waals surface area (Å²) in [6.07, 6.45) is 1.51. The van der Waals surface area contributed by atoms with Gasteiger partial charge in [-0.15, -0.1) is 0 Å². The van der Waals surface area contributed by atoms with Gasteiger partial charge in [0.25, 0.3) is 0 Å². The third kappa shape index (κ3) is 2.32. The number of aliphatic imine (C=N–C) groups is 1. The lowest BCUT2D eigenvalue weighted by Crippen LogP contribution is -2.56. The number of fused-ring (bicyclic) bond motifs is 6. The van der Waals surface area contributed by atoms with Gasteiger partial charge in [0.1, 0.15) is 0 Å². The van der Waals surface area contributed by atoms with Gasteiger partial charge in [0.05, 0.1) is 6.04 Å².